The minimum atomic E-state index is 0.623. The number of hydrogen-bond donors (Lipinski definition) is 1. The lowest BCUT2D eigenvalue weighted by molar-refractivity contribution is 0.297. The first-order valence-electron chi connectivity index (χ1n) is 6.76. The first-order chi connectivity index (χ1) is 9.88. The van der Waals surface area contributed by atoms with Crippen molar-refractivity contribution in [1.82, 2.24) is 25.5 Å². The number of aromatic nitrogens is 4. The van der Waals surface area contributed by atoms with Crippen molar-refractivity contribution in [3.63, 3.8) is 0 Å². The average Bonchev–Trinajstić information content (AvgIpc) is 2.81. The van der Waals surface area contributed by atoms with Gasteiger partial charge in [0, 0.05) is 12.5 Å². The second-order valence-corrected chi connectivity index (χ2v) is 4.47. The lowest BCUT2D eigenvalue weighted by atomic mass is 10.2. The van der Waals surface area contributed by atoms with Gasteiger partial charge in [0.05, 0.1) is 25.4 Å². The summed E-state index contributed by atoms with van der Waals surface area (Å²) >= 11 is 0. The molecule has 0 atom stereocenters. The fourth-order valence-corrected chi connectivity index (χ4v) is 2.04. The van der Waals surface area contributed by atoms with Crippen molar-refractivity contribution in [2.75, 3.05) is 19.8 Å². The zero-order chi connectivity index (χ0) is 13.8. The van der Waals surface area contributed by atoms with Gasteiger partial charge in [0.1, 0.15) is 0 Å². The van der Waals surface area contributed by atoms with Crippen LogP contribution in [0.25, 0.3) is 5.69 Å². The van der Waals surface area contributed by atoms with E-state index < -0.39 is 0 Å². The summed E-state index contributed by atoms with van der Waals surface area (Å²) in [5, 5.41) is 15.0. The van der Waals surface area contributed by atoms with Crippen LogP contribution in [0.1, 0.15) is 19.2 Å². The molecule has 0 saturated heterocycles. The summed E-state index contributed by atoms with van der Waals surface area (Å²) in [5.41, 5.74) is 0.868. The molecule has 2 heterocycles. The topological polar surface area (TPSA) is 74.1 Å². The second-order valence-electron chi connectivity index (χ2n) is 4.47. The van der Waals surface area contributed by atoms with Gasteiger partial charge in [0.2, 0.25) is 0 Å². The van der Waals surface area contributed by atoms with Crippen molar-refractivity contribution in [1.29, 1.82) is 0 Å². The molecule has 7 heteroatoms. The molecular formula is C13H17N5O2. The lowest BCUT2D eigenvalue weighted by Crippen LogP contribution is -2.16. The van der Waals surface area contributed by atoms with Crippen LogP contribution in [0.5, 0.6) is 11.5 Å². The molecule has 20 heavy (non-hydrogen) atoms. The van der Waals surface area contributed by atoms with Gasteiger partial charge in [-0.3, -0.25) is 0 Å². The highest BCUT2D eigenvalue weighted by Crippen LogP contribution is 2.31. The van der Waals surface area contributed by atoms with Crippen molar-refractivity contribution >= 4 is 0 Å². The van der Waals surface area contributed by atoms with E-state index in [-0.39, 0.29) is 0 Å². The first kappa shape index (κ1) is 12.9. The fraction of sp³-hybridized carbons (Fsp3) is 0.462. The summed E-state index contributed by atoms with van der Waals surface area (Å²) < 4.78 is 13.0. The molecule has 3 rings (SSSR count). The largest absolute Gasteiger partial charge is 0.490 e. The maximum atomic E-state index is 5.69. The number of ether oxygens (including phenoxy) is 2. The summed E-state index contributed by atoms with van der Waals surface area (Å²) in [5.74, 6) is 2.28. The SMILES string of the molecule is CCNCc1nnnn1-c1ccc2c(c1)OCCCO2. The van der Waals surface area contributed by atoms with Gasteiger partial charge in [0.25, 0.3) is 0 Å². The molecule has 0 fully saturated rings. The molecule has 7 nitrogen and oxygen atoms in total. The highest BCUT2D eigenvalue weighted by molar-refractivity contribution is 5.49. The van der Waals surface area contributed by atoms with Crippen LogP contribution in [-0.4, -0.2) is 40.0 Å². The first-order valence-corrected chi connectivity index (χ1v) is 6.76. The molecule has 0 amide bonds. The molecule has 0 bridgehead atoms. The van der Waals surface area contributed by atoms with E-state index in [0.717, 1.165) is 36.0 Å². The van der Waals surface area contributed by atoms with Gasteiger partial charge in [-0.05, 0) is 29.1 Å². The van der Waals surface area contributed by atoms with Crippen LogP contribution < -0.4 is 14.8 Å². The fourth-order valence-electron chi connectivity index (χ4n) is 2.04. The zero-order valence-electron chi connectivity index (χ0n) is 11.4. The number of hydrogen-bond acceptors (Lipinski definition) is 6. The van der Waals surface area contributed by atoms with Gasteiger partial charge in [-0.1, -0.05) is 6.92 Å². The summed E-state index contributed by atoms with van der Waals surface area (Å²) in [6, 6.07) is 5.74. The van der Waals surface area contributed by atoms with Gasteiger partial charge in [-0.2, -0.15) is 4.68 Å². The molecule has 106 valence electrons. The Morgan fingerprint density at radius 1 is 1.25 bits per heavy atom. The predicted molar refractivity (Wildman–Crippen MR) is 72.1 cm³/mol. The maximum absolute atomic E-state index is 5.69. The molecule has 1 N–H and O–H groups in total. The van der Waals surface area contributed by atoms with E-state index >= 15 is 0 Å². The summed E-state index contributed by atoms with van der Waals surface area (Å²) in [6.07, 6.45) is 0.889. The molecule has 1 aromatic carbocycles. The van der Waals surface area contributed by atoms with Crippen molar-refractivity contribution in [2.24, 2.45) is 0 Å². The maximum Gasteiger partial charge on any atom is 0.170 e. The quantitative estimate of drug-likeness (QED) is 0.895. The zero-order valence-corrected chi connectivity index (χ0v) is 11.4. The molecular weight excluding hydrogens is 258 g/mol. The van der Waals surface area contributed by atoms with Crippen molar-refractivity contribution in [2.45, 2.75) is 19.9 Å². The Hall–Kier alpha value is -2.15. The van der Waals surface area contributed by atoms with Crippen LogP contribution >= 0.6 is 0 Å². The molecule has 1 aliphatic rings. The van der Waals surface area contributed by atoms with E-state index in [4.69, 9.17) is 9.47 Å². The number of tetrazole rings is 1. The van der Waals surface area contributed by atoms with Crippen molar-refractivity contribution < 1.29 is 9.47 Å². The third kappa shape index (κ3) is 2.57. The van der Waals surface area contributed by atoms with Gasteiger partial charge in [0.15, 0.2) is 17.3 Å². The van der Waals surface area contributed by atoms with Crippen LogP contribution in [0.3, 0.4) is 0 Å². The lowest BCUT2D eigenvalue weighted by Gasteiger charge is -2.10. The highest BCUT2D eigenvalue weighted by atomic mass is 16.5. The minimum Gasteiger partial charge on any atom is -0.490 e. The van der Waals surface area contributed by atoms with E-state index in [1.807, 2.05) is 25.1 Å². The van der Waals surface area contributed by atoms with Gasteiger partial charge in [-0.25, -0.2) is 0 Å². The summed E-state index contributed by atoms with van der Waals surface area (Å²) in [4.78, 5) is 0. The van der Waals surface area contributed by atoms with E-state index in [0.29, 0.717) is 19.8 Å². The predicted octanol–water partition coefficient (Wildman–Crippen LogP) is 0.933. The van der Waals surface area contributed by atoms with Gasteiger partial charge in [-0.15, -0.1) is 5.10 Å². The normalized spacial score (nSPS) is 14.1. The Balaban J connectivity index is 1.90. The smallest absolute Gasteiger partial charge is 0.170 e. The Kier molecular flexibility index (Phi) is 3.78. The monoisotopic (exact) mass is 275 g/mol. The second kappa shape index (κ2) is 5.87. The number of nitrogens with one attached hydrogen (secondary N) is 1. The third-order valence-corrected chi connectivity index (χ3v) is 3.04. The number of benzene rings is 1. The molecule has 2 aromatic rings. The van der Waals surface area contributed by atoms with Crippen molar-refractivity contribution in [3.8, 4) is 17.2 Å². The van der Waals surface area contributed by atoms with E-state index in [2.05, 4.69) is 20.8 Å². The Morgan fingerprint density at radius 2 is 2.10 bits per heavy atom. The van der Waals surface area contributed by atoms with Crippen molar-refractivity contribution in [3.05, 3.63) is 24.0 Å². The molecule has 1 aromatic heterocycles. The summed E-state index contributed by atoms with van der Waals surface area (Å²) in [6.45, 7) is 4.88. The van der Waals surface area contributed by atoms with Crippen LogP contribution in [0, 0.1) is 0 Å². The van der Waals surface area contributed by atoms with Gasteiger partial charge < -0.3 is 14.8 Å². The number of nitrogens with zero attached hydrogens (tertiary/aromatic N) is 4. The van der Waals surface area contributed by atoms with E-state index in [1.165, 1.54) is 0 Å². The molecule has 1 aliphatic heterocycles. The Labute approximate surface area is 116 Å². The average molecular weight is 275 g/mol. The van der Waals surface area contributed by atoms with Crippen LogP contribution in [0.2, 0.25) is 0 Å². The molecule has 0 saturated carbocycles. The van der Waals surface area contributed by atoms with Crippen LogP contribution in [-0.2, 0) is 6.54 Å². The van der Waals surface area contributed by atoms with Gasteiger partial charge >= 0.3 is 0 Å². The highest BCUT2D eigenvalue weighted by Gasteiger charge is 2.14. The van der Waals surface area contributed by atoms with E-state index in [9.17, 15) is 0 Å². The number of fused-ring (bicyclic) bond motifs is 1. The standard InChI is InChI=1S/C13H17N5O2/c1-2-14-9-13-15-16-17-18(13)10-4-5-11-12(8-10)20-7-3-6-19-11/h4-5,8,14H,2-3,6-7,9H2,1H3. The van der Waals surface area contributed by atoms with Crippen LogP contribution in [0.4, 0.5) is 0 Å². The minimum absolute atomic E-state index is 0.623. The Morgan fingerprint density at radius 3 is 2.95 bits per heavy atom. The third-order valence-electron chi connectivity index (χ3n) is 3.04. The molecule has 0 spiro atoms. The molecule has 0 aliphatic carbocycles. The Bertz CT molecular complexity index is 584. The number of rotatable bonds is 4. The summed E-state index contributed by atoms with van der Waals surface area (Å²) in [7, 11) is 0. The molecule has 0 radical (unpaired) electrons. The van der Waals surface area contributed by atoms with E-state index in [1.54, 1.807) is 4.68 Å². The molecule has 0 unspecified atom stereocenters. The van der Waals surface area contributed by atoms with Crippen LogP contribution in [0.15, 0.2) is 18.2 Å².